The average molecular weight is 280 g/mol. The summed E-state index contributed by atoms with van der Waals surface area (Å²) in [5.74, 6) is 0.455. The first kappa shape index (κ1) is 11.4. The van der Waals surface area contributed by atoms with Gasteiger partial charge in [0.25, 0.3) is 0 Å². The SMILES string of the molecule is C=CC1CC(=O)N(c2cccc(C)c2Br)C1. The Labute approximate surface area is 104 Å². The molecule has 0 N–H and O–H groups in total. The van der Waals surface area contributed by atoms with Crippen molar-refractivity contribution >= 4 is 27.5 Å². The molecule has 16 heavy (non-hydrogen) atoms. The van der Waals surface area contributed by atoms with E-state index in [1.807, 2.05) is 36.1 Å². The van der Waals surface area contributed by atoms with E-state index in [4.69, 9.17) is 0 Å². The van der Waals surface area contributed by atoms with Gasteiger partial charge in [0.2, 0.25) is 5.91 Å². The monoisotopic (exact) mass is 279 g/mol. The van der Waals surface area contributed by atoms with Crippen molar-refractivity contribution in [3.8, 4) is 0 Å². The van der Waals surface area contributed by atoms with Crippen molar-refractivity contribution in [2.24, 2.45) is 5.92 Å². The van der Waals surface area contributed by atoms with Crippen LogP contribution in [0.1, 0.15) is 12.0 Å². The largest absolute Gasteiger partial charge is 0.311 e. The van der Waals surface area contributed by atoms with E-state index in [0.29, 0.717) is 6.42 Å². The van der Waals surface area contributed by atoms with Crippen molar-refractivity contribution in [2.45, 2.75) is 13.3 Å². The Hall–Kier alpha value is -1.09. The zero-order valence-corrected chi connectivity index (χ0v) is 10.8. The molecule has 1 unspecified atom stereocenters. The Morgan fingerprint density at radius 1 is 1.56 bits per heavy atom. The Kier molecular flexibility index (Phi) is 3.15. The van der Waals surface area contributed by atoms with Crippen LogP contribution in [0.3, 0.4) is 0 Å². The average Bonchev–Trinajstić information content (AvgIpc) is 2.64. The highest BCUT2D eigenvalue weighted by Crippen LogP contribution is 2.33. The van der Waals surface area contributed by atoms with Gasteiger partial charge in [-0.25, -0.2) is 0 Å². The molecule has 1 aromatic carbocycles. The predicted molar refractivity (Wildman–Crippen MR) is 69.5 cm³/mol. The fraction of sp³-hybridized carbons (Fsp3) is 0.308. The molecule has 1 heterocycles. The van der Waals surface area contributed by atoms with Crippen LogP contribution < -0.4 is 4.90 Å². The molecule has 1 fully saturated rings. The summed E-state index contributed by atoms with van der Waals surface area (Å²) in [6.07, 6.45) is 2.44. The van der Waals surface area contributed by atoms with Crippen LogP contribution >= 0.6 is 15.9 Å². The van der Waals surface area contributed by atoms with E-state index >= 15 is 0 Å². The second kappa shape index (κ2) is 4.42. The number of aryl methyl sites for hydroxylation is 1. The number of hydrogen-bond donors (Lipinski definition) is 0. The molecule has 0 saturated carbocycles. The molecular weight excluding hydrogens is 266 g/mol. The summed E-state index contributed by atoms with van der Waals surface area (Å²) in [6, 6.07) is 5.98. The van der Waals surface area contributed by atoms with Crippen molar-refractivity contribution in [1.82, 2.24) is 0 Å². The lowest BCUT2D eigenvalue weighted by atomic mass is 10.1. The van der Waals surface area contributed by atoms with Crippen LogP contribution in [0.2, 0.25) is 0 Å². The van der Waals surface area contributed by atoms with Crippen molar-refractivity contribution < 1.29 is 4.79 Å². The minimum atomic E-state index is 0.177. The van der Waals surface area contributed by atoms with E-state index in [1.165, 1.54) is 0 Å². The molecule has 0 bridgehead atoms. The molecule has 0 spiro atoms. The van der Waals surface area contributed by atoms with Crippen molar-refractivity contribution in [3.05, 3.63) is 40.9 Å². The second-order valence-electron chi connectivity index (χ2n) is 4.11. The van der Waals surface area contributed by atoms with Gasteiger partial charge in [0.15, 0.2) is 0 Å². The molecule has 1 atom stereocenters. The van der Waals surface area contributed by atoms with Gasteiger partial charge in [-0.05, 0) is 34.5 Å². The zero-order chi connectivity index (χ0) is 11.7. The highest BCUT2D eigenvalue weighted by atomic mass is 79.9. The number of halogens is 1. The quantitative estimate of drug-likeness (QED) is 0.761. The number of benzene rings is 1. The fourth-order valence-corrected chi connectivity index (χ4v) is 2.44. The fourth-order valence-electron chi connectivity index (χ4n) is 1.97. The molecule has 0 radical (unpaired) electrons. The van der Waals surface area contributed by atoms with E-state index in [0.717, 1.165) is 22.3 Å². The van der Waals surface area contributed by atoms with Crippen molar-refractivity contribution in [1.29, 1.82) is 0 Å². The molecule has 2 rings (SSSR count). The van der Waals surface area contributed by atoms with Gasteiger partial charge >= 0.3 is 0 Å². The molecule has 0 aromatic heterocycles. The van der Waals surface area contributed by atoms with Gasteiger partial charge in [0.05, 0.1) is 5.69 Å². The number of carbonyl (C=O) groups excluding carboxylic acids is 1. The Balaban J connectivity index is 2.35. The minimum absolute atomic E-state index is 0.177. The summed E-state index contributed by atoms with van der Waals surface area (Å²) in [4.78, 5) is 13.7. The number of amides is 1. The Morgan fingerprint density at radius 3 is 2.94 bits per heavy atom. The van der Waals surface area contributed by atoms with Gasteiger partial charge in [0, 0.05) is 23.4 Å². The molecule has 1 amide bonds. The van der Waals surface area contributed by atoms with Crippen LogP contribution in [0.4, 0.5) is 5.69 Å². The van der Waals surface area contributed by atoms with Crippen LogP contribution in [-0.4, -0.2) is 12.5 Å². The number of rotatable bonds is 2. The van der Waals surface area contributed by atoms with E-state index in [1.54, 1.807) is 0 Å². The third-order valence-electron chi connectivity index (χ3n) is 2.95. The van der Waals surface area contributed by atoms with E-state index in [-0.39, 0.29) is 11.8 Å². The van der Waals surface area contributed by atoms with Gasteiger partial charge in [-0.2, -0.15) is 0 Å². The Morgan fingerprint density at radius 2 is 2.31 bits per heavy atom. The van der Waals surface area contributed by atoms with Crippen LogP contribution in [0.5, 0.6) is 0 Å². The van der Waals surface area contributed by atoms with Gasteiger partial charge in [-0.1, -0.05) is 18.2 Å². The van der Waals surface area contributed by atoms with E-state index in [2.05, 4.69) is 22.5 Å². The lowest BCUT2D eigenvalue weighted by molar-refractivity contribution is -0.117. The summed E-state index contributed by atoms with van der Waals surface area (Å²) >= 11 is 3.54. The smallest absolute Gasteiger partial charge is 0.227 e. The molecule has 1 aliphatic rings. The molecule has 3 heteroatoms. The summed E-state index contributed by atoms with van der Waals surface area (Å²) in [5.41, 5.74) is 2.11. The van der Waals surface area contributed by atoms with Crippen LogP contribution in [0, 0.1) is 12.8 Å². The molecule has 1 aliphatic heterocycles. The molecule has 1 saturated heterocycles. The van der Waals surface area contributed by atoms with Gasteiger partial charge in [-0.3, -0.25) is 4.79 Å². The van der Waals surface area contributed by atoms with Crippen LogP contribution in [-0.2, 0) is 4.79 Å². The van der Waals surface area contributed by atoms with Crippen molar-refractivity contribution in [3.63, 3.8) is 0 Å². The third kappa shape index (κ3) is 1.92. The van der Waals surface area contributed by atoms with Crippen molar-refractivity contribution in [2.75, 3.05) is 11.4 Å². The maximum Gasteiger partial charge on any atom is 0.227 e. The van der Waals surface area contributed by atoms with E-state index in [9.17, 15) is 4.79 Å². The molecular formula is C13H14BrNO. The predicted octanol–water partition coefficient (Wildman–Crippen LogP) is 3.30. The lowest BCUT2D eigenvalue weighted by Gasteiger charge is -2.18. The third-order valence-corrected chi connectivity index (χ3v) is 3.98. The molecule has 84 valence electrons. The van der Waals surface area contributed by atoms with Crippen LogP contribution in [0.25, 0.3) is 0 Å². The first-order valence-electron chi connectivity index (χ1n) is 5.31. The lowest BCUT2D eigenvalue weighted by Crippen LogP contribution is -2.24. The maximum atomic E-state index is 11.9. The van der Waals surface area contributed by atoms with Gasteiger partial charge in [-0.15, -0.1) is 6.58 Å². The highest BCUT2D eigenvalue weighted by molar-refractivity contribution is 9.10. The first-order chi connectivity index (χ1) is 7.63. The number of hydrogen-bond acceptors (Lipinski definition) is 1. The Bertz CT molecular complexity index is 442. The van der Waals surface area contributed by atoms with Gasteiger partial charge < -0.3 is 4.90 Å². The zero-order valence-electron chi connectivity index (χ0n) is 9.24. The van der Waals surface area contributed by atoms with Gasteiger partial charge in [0.1, 0.15) is 0 Å². The second-order valence-corrected chi connectivity index (χ2v) is 4.91. The topological polar surface area (TPSA) is 20.3 Å². The molecule has 2 nitrogen and oxygen atoms in total. The number of anilines is 1. The maximum absolute atomic E-state index is 11.9. The summed E-state index contributed by atoms with van der Waals surface area (Å²) in [7, 11) is 0. The number of carbonyl (C=O) groups is 1. The summed E-state index contributed by atoms with van der Waals surface area (Å²) < 4.78 is 1.01. The minimum Gasteiger partial charge on any atom is -0.311 e. The number of nitrogens with zero attached hydrogens (tertiary/aromatic N) is 1. The first-order valence-corrected chi connectivity index (χ1v) is 6.11. The van der Waals surface area contributed by atoms with Crippen LogP contribution in [0.15, 0.2) is 35.3 Å². The summed E-state index contributed by atoms with van der Waals surface area (Å²) in [6.45, 7) is 6.52. The normalized spacial score (nSPS) is 20.2. The summed E-state index contributed by atoms with van der Waals surface area (Å²) in [5, 5.41) is 0. The standard InChI is InChI=1S/C13H14BrNO/c1-3-10-7-12(16)15(8-10)11-6-4-5-9(2)13(11)14/h3-6,10H,1,7-8H2,2H3. The van der Waals surface area contributed by atoms with E-state index < -0.39 is 0 Å². The molecule has 0 aliphatic carbocycles. The molecule has 1 aromatic rings. The highest BCUT2D eigenvalue weighted by Gasteiger charge is 2.29.